The monoisotopic (exact) mass is 388 g/mol. The van der Waals surface area contributed by atoms with Gasteiger partial charge in [-0.05, 0) is 31.2 Å². The minimum absolute atomic E-state index is 0.232. The molecule has 0 fully saturated rings. The number of benzene rings is 2. The van der Waals surface area contributed by atoms with Crippen LogP contribution in [0.4, 0.5) is 0 Å². The number of methoxy groups -OCH3 is 1. The molecule has 0 unspecified atom stereocenters. The Hall–Kier alpha value is -3.45. The molecule has 5 aromatic rings. The summed E-state index contributed by atoms with van der Waals surface area (Å²) in [6.45, 7) is 2.04. The largest absolute Gasteiger partial charge is 0.497 e. The van der Waals surface area contributed by atoms with Crippen molar-refractivity contribution < 1.29 is 4.74 Å². The summed E-state index contributed by atoms with van der Waals surface area (Å²) >= 11 is 1.47. The fraction of sp³-hybridized carbons (Fsp3) is 0.0952. The van der Waals surface area contributed by atoms with Gasteiger partial charge in [-0.3, -0.25) is 9.20 Å². The molecule has 0 spiro atoms. The summed E-state index contributed by atoms with van der Waals surface area (Å²) in [5.74, 6) is 0.781. The van der Waals surface area contributed by atoms with Crippen molar-refractivity contribution in [3.63, 3.8) is 0 Å². The second kappa shape index (κ2) is 6.31. The average Bonchev–Trinajstić information content (AvgIpc) is 3.29. The molecule has 138 valence electrons. The zero-order valence-corrected chi connectivity index (χ0v) is 16.1. The van der Waals surface area contributed by atoms with E-state index in [-0.39, 0.29) is 5.56 Å². The van der Waals surface area contributed by atoms with E-state index in [9.17, 15) is 4.79 Å². The summed E-state index contributed by atoms with van der Waals surface area (Å²) in [5, 5.41) is 6.98. The Morgan fingerprint density at radius 1 is 1.04 bits per heavy atom. The fourth-order valence-corrected chi connectivity index (χ4v) is 4.42. The maximum atomic E-state index is 12.7. The minimum atomic E-state index is -0.232. The zero-order valence-electron chi connectivity index (χ0n) is 15.3. The predicted octanol–water partition coefficient (Wildman–Crippen LogP) is 4.28. The van der Waals surface area contributed by atoms with Gasteiger partial charge in [0.1, 0.15) is 17.0 Å². The third-order valence-corrected chi connectivity index (χ3v) is 5.83. The molecule has 0 aliphatic heterocycles. The fourth-order valence-electron chi connectivity index (χ4n) is 3.31. The molecule has 0 saturated heterocycles. The van der Waals surface area contributed by atoms with Gasteiger partial charge < -0.3 is 4.74 Å². The van der Waals surface area contributed by atoms with E-state index in [0.717, 1.165) is 37.9 Å². The molecule has 0 saturated carbocycles. The summed E-state index contributed by atoms with van der Waals surface area (Å²) in [4.78, 5) is 18.0. The van der Waals surface area contributed by atoms with Crippen LogP contribution in [0, 0.1) is 6.92 Å². The molecule has 0 atom stereocenters. The highest BCUT2D eigenvalue weighted by atomic mass is 32.1. The number of imidazole rings is 1. The molecule has 0 radical (unpaired) electrons. The number of aromatic nitrogens is 4. The van der Waals surface area contributed by atoms with Crippen LogP contribution < -0.4 is 10.3 Å². The van der Waals surface area contributed by atoms with Crippen LogP contribution in [0.25, 0.3) is 37.7 Å². The molecule has 0 bridgehead atoms. The van der Waals surface area contributed by atoms with E-state index in [1.807, 2.05) is 59.9 Å². The van der Waals surface area contributed by atoms with Crippen LogP contribution in [0.15, 0.2) is 59.5 Å². The van der Waals surface area contributed by atoms with Crippen LogP contribution in [-0.2, 0) is 0 Å². The Labute approximate surface area is 164 Å². The Bertz CT molecular complexity index is 1360. The van der Waals surface area contributed by atoms with Crippen LogP contribution >= 0.6 is 11.3 Å². The summed E-state index contributed by atoms with van der Waals surface area (Å²) in [7, 11) is 1.64. The summed E-state index contributed by atoms with van der Waals surface area (Å²) in [6, 6.07) is 15.8. The molecule has 28 heavy (non-hydrogen) atoms. The summed E-state index contributed by atoms with van der Waals surface area (Å²) in [5.41, 5.74) is 5.04. The first kappa shape index (κ1) is 16.7. The van der Waals surface area contributed by atoms with Crippen molar-refractivity contribution in [1.29, 1.82) is 0 Å². The lowest BCUT2D eigenvalue weighted by Crippen LogP contribution is -2.11. The number of ether oxygens (including phenoxy) is 1. The van der Waals surface area contributed by atoms with Crippen LogP contribution in [0.2, 0.25) is 0 Å². The number of nitrogens with zero attached hydrogens (tertiary/aromatic N) is 3. The van der Waals surface area contributed by atoms with E-state index < -0.39 is 0 Å². The van der Waals surface area contributed by atoms with Crippen LogP contribution in [0.3, 0.4) is 0 Å². The number of aromatic amines is 1. The van der Waals surface area contributed by atoms with Crippen molar-refractivity contribution in [2.75, 3.05) is 7.11 Å². The van der Waals surface area contributed by atoms with E-state index in [0.29, 0.717) is 5.52 Å². The topological polar surface area (TPSA) is 72.3 Å². The molecule has 7 heteroatoms. The lowest BCUT2D eigenvalue weighted by atomic mass is 10.1. The second-order valence-corrected chi connectivity index (χ2v) is 7.51. The predicted molar refractivity (Wildman–Crippen MR) is 111 cm³/mol. The summed E-state index contributed by atoms with van der Waals surface area (Å²) < 4.78 is 7.97. The highest BCUT2D eigenvalue weighted by Gasteiger charge is 2.19. The average molecular weight is 388 g/mol. The van der Waals surface area contributed by atoms with Gasteiger partial charge >= 0.3 is 0 Å². The quantitative estimate of drug-likeness (QED) is 0.501. The van der Waals surface area contributed by atoms with Crippen molar-refractivity contribution in [3.8, 4) is 28.3 Å². The molecule has 0 aliphatic carbocycles. The zero-order chi connectivity index (χ0) is 19.3. The van der Waals surface area contributed by atoms with Gasteiger partial charge in [0, 0.05) is 11.1 Å². The van der Waals surface area contributed by atoms with Crippen LogP contribution in [0.5, 0.6) is 5.75 Å². The molecular weight excluding hydrogens is 372 g/mol. The maximum Gasteiger partial charge on any atom is 0.290 e. The Balaban J connectivity index is 1.79. The minimum Gasteiger partial charge on any atom is -0.497 e. The Kier molecular flexibility index (Phi) is 3.77. The van der Waals surface area contributed by atoms with Gasteiger partial charge in [0.05, 0.1) is 23.7 Å². The molecule has 0 aliphatic rings. The normalized spacial score (nSPS) is 11.4. The van der Waals surface area contributed by atoms with Crippen molar-refractivity contribution in [2.24, 2.45) is 0 Å². The van der Waals surface area contributed by atoms with E-state index in [1.165, 1.54) is 16.9 Å². The third-order valence-electron chi connectivity index (χ3n) is 4.77. The smallest absolute Gasteiger partial charge is 0.290 e. The highest BCUT2D eigenvalue weighted by Crippen LogP contribution is 2.34. The van der Waals surface area contributed by atoms with Gasteiger partial charge in [-0.15, -0.1) is 0 Å². The van der Waals surface area contributed by atoms with E-state index >= 15 is 0 Å². The van der Waals surface area contributed by atoms with E-state index in [4.69, 9.17) is 4.74 Å². The van der Waals surface area contributed by atoms with Gasteiger partial charge in [-0.25, -0.2) is 10.1 Å². The lowest BCUT2D eigenvalue weighted by Gasteiger charge is -2.04. The SMILES string of the molecule is COc1ccc(-c2cnc3sc4c(-c5ccc(C)cc5)n[nH]c(=O)c4n23)cc1. The number of rotatable bonds is 3. The molecule has 1 N–H and O–H groups in total. The van der Waals surface area contributed by atoms with Crippen molar-refractivity contribution in [3.05, 3.63) is 70.6 Å². The van der Waals surface area contributed by atoms with Gasteiger partial charge in [-0.1, -0.05) is 41.2 Å². The standard InChI is InChI=1S/C21H16N4O2S/c1-12-3-5-14(6-4-12)17-19-18(20(26)24-23-17)25-16(11-22-21(25)28-19)13-7-9-15(27-2)10-8-13/h3-11H,1-2H3,(H,24,26). The molecule has 2 aromatic carbocycles. The molecule has 5 rings (SSSR count). The van der Waals surface area contributed by atoms with Crippen LogP contribution in [-0.4, -0.2) is 26.7 Å². The first-order valence-electron chi connectivity index (χ1n) is 8.76. The Morgan fingerprint density at radius 3 is 2.46 bits per heavy atom. The number of nitrogens with one attached hydrogen (secondary N) is 1. The molecule has 0 amide bonds. The lowest BCUT2D eigenvalue weighted by molar-refractivity contribution is 0.415. The molecular formula is C21H16N4O2S. The summed E-state index contributed by atoms with van der Waals surface area (Å²) in [6.07, 6.45) is 1.79. The number of hydrogen-bond acceptors (Lipinski definition) is 5. The molecule has 3 aromatic heterocycles. The number of aryl methyl sites for hydroxylation is 1. The van der Waals surface area contributed by atoms with Crippen LogP contribution in [0.1, 0.15) is 5.56 Å². The first-order chi connectivity index (χ1) is 13.7. The number of hydrogen-bond donors (Lipinski definition) is 1. The number of fused-ring (bicyclic) bond motifs is 3. The van der Waals surface area contributed by atoms with E-state index in [2.05, 4.69) is 15.2 Å². The maximum absolute atomic E-state index is 12.7. The van der Waals surface area contributed by atoms with Gasteiger partial charge in [0.2, 0.25) is 0 Å². The molecule has 6 nitrogen and oxygen atoms in total. The van der Waals surface area contributed by atoms with Gasteiger partial charge in [0.25, 0.3) is 5.56 Å². The third kappa shape index (κ3) is 2.51. The second-order valence-electron chi connectivity index (χ2n) is 6.54. The first-order valence-corrected chi connectivity index (χ1v) is 9.57. The van der Waals surface area contributed by atoms with Crippen molar-refractivity contribution >= 4 is 26.5 Å². The van der Waals surface area contributed by atoms with Gasteiger partial charge in [0.15, 0.2) is 4.96 Å². The number of H-pyrrole nitrogens is 1. The van der Waals surface area contributed by atoms with E-state index in [1.54, 1.807) is 13.3 Å². The van der Waals surface area contributed by atoms with Crippen molar-refractivity contribution in [1.82, 2.24) is 19.6 Å². The Morgan fingerprint density at radius 2 is 1.75 bits per heavy atom. The number of thiazole rings is 1. The highest BCUT2D eigenvalue weighted by molar-refractivity contribution is 7.24. The molecule has 3 heterocycles. The van der Waals surface area contributed by atoms with Gasteiger partial charge in [-0.2, -0.15) is 5.10 Å². The van der Waals surface area contributed by atoms with Crippen molar-refractivity contribution in [2.45, 2.75) is 6.92 Å².